The molecule has 3 rings (SSSR count). The quantitative estimate of drug-likeness (QED) is 0.646. The number of rotatable bonds is 10. The molecule has 0 atom stereocenters. The minimum atomic E-state index is -0.358. The van der Waals surface area contributed by atoms with Crippen LogP contribution in [-0.4, -0.2) is 55.3 Å². The summed E-state index contributed by atoms with van der Waals surface area (Å²) in [6, 6.07) is 7.92. The van der Waals surface area contributed by atoms with Gasteiger partial charge in [0.25, 0.3) is 5.91 Å². The Morgan fingerprint density at radius 1 is 1.13 bits per heavy atom. The summed E-state index contributed by atoms with van der Waals surface area (Å²) in [7, 11) is 1.66. The van der Waals surface area contributed by atoms with E-state index in [2.05, 4.69) is 16.4 Å². The third kappa shape index (κ3) is 5.05. The molecule has 0 saturated carbocycles. The summed E-state index contributed by atoms with van der Waals surface area (Å²) >= 11 is 0. The lowest BCUT2D eigenvalue weighted by Crippen LogP contribution is -2.37. The Bertz CT molecular complexity index is 836. The number of carbonyl (C=O) groups excluding carboxylic acids is 1. The molecule has 6 nitrogen and oxygen atoms in total. The zero-order valence-corrected chi connectivity index (χ0v) is 18.6. The summed E-state index contributed by atoms with van der Waals surface area (Å²) in [5.74, 6) is 0.444. The van der Waals surface area contributed by atoms with Crippen LogP contribution in [0.2, 0.25) is 0 Å². The minimum absolute atomic E-state index is 0.358. The van der Waals surface area contributed by atoms with Crippen LogP contribution in [0.1, 0.15) is 47.9 Å². The Labute approximate surface area is 179 Å². The van der Waals surface area contributed by atoms with Gasteiger partial charge in [0.1, 0.15) is 5.75 Å². The third-order valence-electron chi connectivity index (χ3n) is 5.98. The standard InChI is InChI=1S/C24H35N3O3/c1-4-5-7-21-23(19-8-10-20(29-3)11-9-19)22(24(25)28)18(2)27(21)13-6-12-26-14-16-30-17-15-26/h8-11H,4-7,12-17H2,1-3H3,(H2,25,28). The maximum absolute atomic E-state index is 12.5. The lowest BCUT2D eigenvalue weighted by molar-refractivity contribution is 0.0369. The van der Waals surface area contributed by atoms with Gasteiger partial charge in [-0.1, -0.05) is 25.5 Å². The Kier molecular flexibility index (Phi) is 7.94. The van der Waals surface area contributed by atoms with E-state index >= 15 is 0 Å². The number of hydrogen-bond donors (Lipinski definition) is 1. The van der Waals surface area contributed by atoms with E-state index in [9.17, 15) is 4.79 Å². The predicted molar refractivity (Wildman–Crippen MR) is 120 cm³/mol. The van der Waals surface area contributed by atoms with Crippen LogP contribution in [0.15, 0.2) is 24.3 Å². The van der Waals surface area contributed by atoms with E-state index in [-0.39, 0.29) is 5.91 Å². The van der Waals surface area contributed by atoms with Crippen LogP contribution in [0.25, 0.3) is 11.1 Å². The summed E-state index contributed by atoms with van der Waals surface area (Å²) < 4.78 is 13.1. The number of hydrogen-bond acceptors (Lipinski definition) is 4. The van der Waals surface area contributed by atoms with E-state index in [0.717, 1.165) is 87.6 Å². The fraction of sp³-hybridized carbons (Fsp3) is 0.542. The number of benzene rings is 1. The number of methoxy groups -OCH3 is 1. The first-order chi connectivity index (χ1) is 14.6. The van der Waals surface area contributed by atoms with Crippen LogP contribution in [0.3, 0.4) is 0 Å². The van der Waals surface area contributed by atoms with Crippen molar-refractivity contribution >= 4 is 5.91 Å². The van der Waals surface area contributed by atoms with Gasteiger partial charge in [0.15, 0.2) is 0 Å². The first-order valence-corrected chi connectivity index (χ1v) is 11.0. The molecule has 0 spiro atoms. The van der Waals surface area contributed by atoms with Crippen molar-refractivity contribution in [1.29, 1.82) is 0 Å². The monoisotopic (exact) mass is 413 g/mol. The molecule has 2 aromatic rings. The number of amides is 1. The fourth-order valence-corrected chi connectivity index (χ4v) is 4.35. The predicted octanol–water partition coefficient (Wildman–Crippen LogP) is 3.64. The highest BCUT2D eigenvalue weighted by Crippen LogP contribution is 2.35. The maximum Gasteiger partial charge on any atom is 0.251 e. The Hall–Kier alpha value is -2.31. The van der Waals surface area contributed by atoms with Crippen LogP contribution in [-0.2, 0) is 17.7 Å². The van der Waals surface area contributed by atoms with Gasteiger partial charge in [-0.15, -0.1) is 0 Å². The molecular formula is C24H35N3O3. The van der Waals surface area contributed by atoms with Crippen LogP contribution in [0.5, 0.6) is 5.75 Å². The number of ether oxygens (including phenoxy) is 2. The Balaban J connectivity index is 1.94. The average Bonchev–Trinajstić information content (AvgIpc) is 3.04. The van der Waals surface area contributed by atoms with Gasteiger partial charge in [0, 0.05) is 43.1 Å². The fourth-order valence-electron chi connectivity index (χ4n) is 4.35. The number of nitrogens with two attached hydrogens (primary N) is 1. The van der Waals surface area contributed by atoms with Crippen molar-refractivity contribution in [3.05, 3.63) is 41.2 Å². The lowest BCUT2D eigenvalue weighted by Gasteiger charge is -2.26. The maximum atomic E-state index is 12.5. The number of primary amides is 1. The van der Waals surface area contributed by atoms with E-state index in [4.69, 9.17) is 15.2 Å². The first kappa shape index (κ1) is 22.4. The molecule has 1 fully saturated rings. The number of morpholine rings is 1. The van der Waals surface area contributed by atoms with E-state index in [0.29, 0.717) is 5.56 Å². The van der Waals surface area contributed by atoms with Gasteiger partial charge >= 0.3 is 0 Å². The third-order valence-corrected chi connectivity index (χ3v) is 5.98. The molecule has 1 aromatic carbocycles. The molecule has 1 aliphatic heterocycles. The molecule has 6 heteroatoms. The molecule has 30 heavy (non-hydrogen) atoms. The summed E-state index contributed by atoms with van der Waals surface area (Å²) in [5, 5.41) is 0. The number of nitrogens with zero attached hydrogens (tertiary/aromatic N) is 2. The molecule has 1 aromatic heterocycles. The molecule has 1 saturated heterocycles. The highest BCUT2D eigenvalue weighted by atomic mass is 16.5. The molecule has 0 bridgehead atoms. The molecule has 2 heterocycles. The molecule has 0 unspecified atom stereocenters. The smallest absolute Gasteiger partial charge is 0.251 e. The molecule has 1 aliphatic rings. The Morgan fingerprint density at radius 3 is 2.43 bits per heavy atom. The minimum Gasteiger partial charge on any atom is -0.497 e. The van der Waals surface area contributed by atoms with Gasteiger partial charge in [0.05, 0.1) is 25.9 Å². The number of aromatic nitrogens is 1. The SMILES string of the molecule is CCCCc1c(-c2ccc(OC)cc2)c(C(N)=O)c(C)n1CCCN1CCOCC1. The zero-order valence-electron chi connectivity index (χ0n) is 18.6. The first-order valence-electron chi connectivity index (χ1n) is 11.0. The molecule has 1 amide bonds. The second kappa shape index (κ2) is 10.6. The average molecular weight is 414 g/mol. The summed E-state index contributed by atoms with van der Waals surface area (Å²) in [4.78, 5) is 14.9. The molecule has 2 N–H and O–H groups in total. The second-order valence-electron chi connectivity index (χ2n) is 7.94. The van der Waals surface area contributed by atoms with Crippen molar-refractivity contribution in [2.75, 3.05) is 40.0 Å². The van der Waals surface area contributed by atoms with Gasteiger partial charge in [-0.25, -0.2) is 0 Å². The van der Waals surface area contributed by atoms with Crippen molar-refractivity contribution in [2.45, 2.75) is 46.1 Å². The summed E-state index contributed by atoms with van der Waals surface area (Å²) in [6.45, 7) is 9.78. The van der Waals surface area contributed by atoms with E-state index < -0.39 is 0 Å². The van der Waals surface area contributed by atoms with Crippen molar-refractivity contribution in [2.24, 2.45) is 5.73 Å². The van der Waals surface area contributed by atoms with Crippen LogP contribution >= 0.6 is 0 Å². The lowest BCUT2D eigenvalue weighted by atomic mass is 9.97. The zero-order chi connectivity index (χ0) is 21.5. The van der Waals surface area contributed by atoms with E-state index in [1.54, 1.807) is 7.11 Å². The molecule has 0 radical (unpaired) electrons. The highest BCUT2D eigenvalue weighted by Gasteiger charge is 2.24. The molecular weight excluding hydrogens is 378 g/mol. The van der Waals surface area contributed by atoms with E-state index in [1.807, 2.05) is 31.2 Å². The van der Waals surface area contributed by atoms with Crippen molar-refractivity contribution in [3.63, 3.8) is 0 Å². The molecule has 164 valence electrons. The summed E-state index contributed by atoms with van der Waals surface area (Å²) in [5.41, 5.74) is 10.7. The van der Waals surface area contributed by atoms with Gasteiger partial charge in [-0.05, 0) is 43.9 Å². The normalized spacial score (nSPS) is 14.8. The molecule has 0 aliphatic carbocycles. The van der Waals surface area contributed by atoms with Crippen molar-refractivity contribution < 1.29 is 14.3 Å². The van der Waals surface area contributed by atoms with Crippen LogP contribution in [0.4, 0.5) is 0 Å². The van der Waals surface area contributed by atoms with Crippen molar-refractivity contribution in [1.82, 2.24) is 9.47 Å². The Morgan fingerprint density at radius 2 is 1.83 bits per heavy atom. The van der Waals surface area contributed by atoms with Crippen LogP contribution in [0, 0.1) is 6.92 Å². The van der Waals surface area contributed by atoms with Crippen molar-refractivity contribution in [3.8, 4) is 16.9 Å². The van der Waals surface area contributed by atoms with Gasteiger partial charge in [-0.2, -0.15) is 0 Å². The number of carbonyl (C=O) groups is 1. The van der Waals surface area contributed by atoms with Gasteiger partial charge in [-0.3, -0.25) is 9.69 Å². The largest absolute Gasteiger partial charge is 0.497 e. The number of unbranched alkanes of at least 4 members (excludes halogenated alkanes) is 1. The van der Waals surface area contributed by atoms with Gasteiger partial charge in [0.2, 0.25) is 0 Å². The second-order valence-corrected chi connectivity index (χ2v) is 7.94. The van der Waals surface area contributed by atoms with Crippen LogP contribution < -0.4 is 10.5 Å². The van der Waals surface area contributed by atoms with E-state index in [1.165, 1.54) is 5.69 Å². The summed E-state index contributed by atoms with van der Waals surface area (Å²) in [6.07, 6.45) is 4.15. The highest BCUT2D eigenvalue weighted by molar-refractivity contribution is 6.02. The topological polar surface area (TPSA) is 69.7 Å². The van der Waals surface area contributed by atoms with Gasteiger partial charge < -0.3 is 19.8 Å².